The summed E-state index contributed by atoms with van der Waals surface area (Å²) in [5.74, 6) is -0.724. The number of halogens is 1. The van der Waals surface area contributed by atoms with Gasteiger partial charge in [-0.3, -0.25) is 9.59 Å². The van der Waals surface area contributed by atoms with E-state index in [4.69, 9.17) is 9.15 Å². The van der Waals surface area contributed by atoms with E-state index in [9.17, 15) is 14.0 Å². The maximum absolute atomic E-state index is 13.4. The van der Waals surface area contributed by atoms with Crippen LogP contribution in [-0.2, 0) is 9.53 Å². The third-order valence-electron chi connectivity index (χ3n) is 5.10. The van der Waals surface area contributed by atoms with Crippen molar-refractivity contribution in [3.8, 4) is 17.1 Å². The van der Waals surface area contributed by atoms with E-state index in [0.717, 1.165) is 0 Å². The van der Waals surface area contributed by atoms with Crippen molar-refractivity contribution in [3.63, 3.8) is 0 Å². The Bertz CT molecular complexity index is 1030. The van der Waals surface area contributed by atoms with E-state index in [1.807, 2.05) is 0 Å². The summed E-state index contributed by atoms with van der Waals surface area (Å²) in [7, 11) is 0. The Morgan fingerprint density at radius 3 is 2.77 bits per heavy atom. The highest BCUT2D eigenvalue weighted by molar-refractivity contribution is 5.94. The molecule has 1 amide bonds. The van der Waals surface area contributed by atoms with E-state index in [-0.39, 0.29) is 23.6 Å². The molecule has 3 heterocycles. The molecule has 1 unspecified atom stereocenters. The lowest BCUT2D eigenvalue weighted by molar-refractivity contribution is -0.149. The summed E-state index contributed by atoms with van der Waals surface area (Å²) < 4.78 is 25.4. The molecular formula is C22H22FN3O4. The van der Waals surface area contributed by atoms with Crippen molar-refractivity contribution < 1.29 is 23.1 Å². The molecule has 0 saturated carbocycles. The SMILES string of the molecule is CCOC(=O)C1CCCN(C(=O)c2cc(-c3ccco3)nn2-c2ccc(F)cc2)C1. The molecule has 0 radical (unpaired) electrons. The van der Waals surface area contributed by atoms with Crippen LogP contribution in [0, 0.1) is 11.7 Å². The number of aromatic nitrogens is 2. The Labute approximate surface area is 173 Å². The van der Waals surface area contributed by atoms with Gasteiger partial charge in [-0.05, 0) is 56.2 Å². The standard InChI is InChI=1S/C22H22FN3O4/c1-2-29-22(28)15-5-3-11-25(14-15)21(27)19-13-18(20-6-4-12-30-20)24-26(19)17-9-7-16(23)8-10-17/h4,6-10,12-13,15H,2-3,5,11,14H2,1H3. The summed E-state index contributed by atoms with van der Waals surface area (Å²) in [6, 6.07) is 10.9. The topological polar surface area (TPSA) is 77.6 Å². The summed E-state index contributed by atoms with van der Waals surface area (Å²) in [6.45, 7) is 2.91. The van der Waals surface area contributed by atoms with Crippen molar-refractivity contribution in [2.24, 2.45) is 5.92 Å². The van der Waals surface area contributed by atoms with E-state index < -0.39 is 0 Å². The van der Waals surface area contributed by atoms with Crippen LogP contribution < -0.4 is 0 Å². The fraction of sp³-hybridized carbons (Fsp3) is 0.318. The molecule has 7 nitrogen and oxygen atoms in total. The second kappa shape index (κ2) is 8.52. The van der Waals surface area contributed by atoms with Gasteiger partial charge in [0.05, 0.1) is 24.5 Å². The van der Waals surface area contributed by atoms with Crippen molar-refractivity contribution in [1.82, 2.24) is 14.7 Å². The quantitative estimate of drug-likeness (QED) is 0.599. The highest BCUT2D eigenvalue weighted by Gasteiger charge is 2.31. The molecule has 1 aromatic carbocycles. The number of amides is 1. The Hall–Kier alpha value is -3.42. The first-order chi connectivity index (χ1) is 14.6. The second-order valence-electron chi connectivity index (χ2n) is 7.12. The van der Waals surface area contributed by atoms with Crippen LogP contribution in [0.1, 0.15) is 30.3 Å². The summed E-state index contributed by atoms with van der Waals surface area (Å²) >= 11 is 0. The van der Waals surface area contributed by atoms with Crippen LogP contribution in [0.2, 0.25) is 0 Å². The molecular weight excluding hydrogens is 389 g/mol. The number of nitrogens with zero attached hydrogens (tertiary/aromatic N) is 3. The molecule has 1 saturated heterocycles. The number of hydrogen-bond acceptors (Lipinski definition) is 5. The van der Waals surface area contributed by atoms with E-state index in [0.29, 0.717) is 55.4 Å². The first-order valence-corrected chi connectivity index (χ1v) is 9.92. The van der Waals surface area contributed by atoms with Gasteiger partial charge in [-0.15, -0.1) is 0 Å². The predicted molar refractivity (Wildman–Crippen MR) is 106 cm³/mol. The Balaban J connectivity index is 1.67. The normalized spacial score (nSPS) is 16.5. The highest BCUT2D eigenvalue weighted by Crippen LogP contribution is 2.25. The molecule has 4 rings (SSSR count). The summed E-state index contributed by atoms with van der Waals surface area (Å²) in [5.41, 5.74) is 1.36. The molecule has 1 aliphatic heterocycles. The van der Waals surface area contributed by atoms with Gasteiger partial charge in [0.15, 0.2) is 5.76 Å². The second-order valence-corrected chi connectivity index (χ2v) is 7.12. The zero-order valence-corrected chi connectivity index (χ0v) is 16.6. The van der Waals surface area contributed by atoms with E-state index in [1.54, 1.807) is 42.2 Å². The van der Waals surface area contributed by atoms with Crippen LogP contribution in [0.4, 0.5) is 4.39 Å². The lowest BCUT2D eigenvalue weighted by atomic mass is 9.98. The molecule has 2 aromatic heterocycles. The van der Waals surface area contributed by atoms with Gasteiger partial charge in [-0.1, -0.05) is 0 Å². The molecule has 0 spiro atoms. The van der Waals surface area contributed by atoms with E-state index >= 15 is 0 Å². The first-order valence-electron chi connectivity index (χ1n) is 9.92. The fourth-order valence-electron chi connectivity index (χ4n) is 3.63. The average Bonchev–Trinajstić information content (AvgIpc) is 3.44. The number of furan rings is 1. The van der Waals surface area contributed by atoms with Gasteiger partial charge in [-0.2, -0.15) is 5.10 Å². The van der Waals surface area contributed by atoms with E-state index in [1.165, 1.54) is 23.1 Å². The monoisotopic (exact) mass is 411 g/mol. The van der Waals surface area contributed by atoms with Crippen molar-refractivity contribution in [1.29, 1.82) is 0 Å². The summed E-state index contributed by atoms with van der Waals surface area (Å²) in [5, 5.41) is 4.51. The number of piperidine rings is 1. The van der Waals surface area contributed by atoms with Gasteiger partial charge < -0.3 is 14.1 Å². The molecule has 1 atom stereocenters. The van der Waals surface area contributed by atoms with Crippen LogP contribution >= 0.6 is 0 Å². The number of esters is 1. The van der Waals surface area contributed by atoms with Crippen LogP contribution in [0.25, 0.3) is 17.1 Å². The molecule has 8 heteroatoms. The van der Waals surface area contributed by atoms with Gasteiger partial charge in [0, 0.05) is 19.2 Å². The van der Waals surface area contributed by atoms with Crippen LogP contribution in [0.5, 0.6) is 0 Å². The largest absolute Gasteiger partial charge is 0.466 e. The van der Waals surface area contributed by atoms with E-state index in [2.05, 4.69) is 5.10 Å². The van der Waals surface area contributed by atoms with Crippen LogP contribution in [0.15, 0.2) is 53.1 Å². The van der Waals surface area contributed by atoms with Gasteiger partial charge in [-0.25, -0.2) is 9.07 Å². The number of carbonyl (C=O) groups excluding carboxylic acids is 2. The summed E-state index contributed by atoms with van der Waals surface area (Å²) in [6.07, 6.45) is 2.94. The molecule has 0 N–H and O–H groups in total. The smallest absolute Gasteiger partial charge is 0.310 e. The molecule has 30 heavy (non-hydrogen) atoms. The average molecular weight is 411 g/mol. The van der Waals surface area contributed by atoms with Crippen LogP contribution in [-0.4, -0.2) is 46.3 Å². The van der Waals surface area contributed by atoms with Gasteiger partial charge in [0.1, 0.15) is 17.2 Å². The zero-order chi connectivity index (χ0) is 21.1. The van der Waals surface area contributed by atoms with Crippen molar-refractivity contribution in [2.45, 2.75) is 19.8 Å². The van der Waals surface area contributed by atoms with Gasteiger partial charge >= 0.3 is 5.97 Å². The minimum absolute atomic E-state index is 0.251. The Kier molecular flexibility index (Phi) is 5.65. The number of carbonyl (C=O) groups is 2. The summed E-state index contributed by atoms with van der Waals surface area (Å²) in [4.78, 5) is 27.2. The number of hydrogen-bond donors (Lipinski definition) is 0. The van der Waals surface area contributed by atoms with Crippen molar-refractivity contribution in [2.75, 3.05) is 19.7 Å². The lowest BCUT2D eigenvalue weighted by Gasteiger charge is -2.31. The zero-order valence-electron chi connectivity index (χ0n) is 16.6. The third-order valence-corrected chi connectivity index (χ3v) is 5.10. The molecule has 1 fully saturated rings. The number of rotatable bonds is 5. The molecule has 0 aliphatic carbocycles. The van der Waals surface area contributed by atoms with Crippen molar-refractivity contribution >= 4 is 11.9 Å². The maximum Gasteiger partial charge on any atom is 0.310 e. The maximum atomic E-state index is 13.4. The Morgan fingerprint density at radius 2 is 2.07 bits per heavy atom. The minimum Gasteiger partial charge on any atom is -0.466 e. The molecule has 0 bridgehead atoms. The molecule has 3 aromatic rings. The lowest BCUT2D eigenvalue weighted by Crippen LogP contribution is -2.43. The molecule has 156 valence electrons. The first kappa shape index (κ1) is 19.9. The number of likely N-dealkylation sites (tertiary alicyclic amines) is 1. The minimum atomic E-state index is -0.377. The number of ether oxygens (including phenoxy) is 1. The fourth-order valence-corrected chi connectivity index (χ4v) is 3.63. The number of benzene rings is 1. The third kappa shape index (κ3) is 3.98. The van der Waals surface area contributed by atoms with Gasteiger partial charge in [0.25, 0.3) is 5.91 Å². The van der Waals surface area contributed by atoms with Crippen molar-refractivity contribution in [3.05, 3.63) is 60.2 Å². The predicted octanol–water partition coefficient (Wildman–Crippen LogP) is 3.69. The van der Waals surface area contributed by atoms with Gasteiger partial charge in [0.2, 0.25) is 0 Å². The Morgan fingerprint density at radius 1 is 1.27 bits per heavy atom. The molecule has 1 aliphatic rings. The van der Waals surface area contributed by atoms with Crippen LogP contribution in [0.3, 0.4) is 0 Å². The highest BCUT2D eigenvalue weighted by atomic mass is 19.1.